The van der Waals surface area contributed by atoms with Crippen molar-refractivity contribution in [3.05, 3.63) is 23.4 Å². The highest BCUT2D eigenvalue weighted by molar-refractivity contribution is 5.88. The van der Waals surface area contributed by atoms with Crippen LogP contribution in [0.3, 0.4) is 0 Å². The molecule has 1 fully saturated rings. The van der Waals surface area contributed by atoms with Gasteiger partial charge in [-0.05, 0) is 39.4 Å². The third kappa shape index (κ3) is 2.93. The lowest BCUT2D eigenvalue weighted by Gasteiger charge is -2.45. The van der Waals surface area contributed by atoms with E-state index in [1.165, 1.54) is 0 Å². The molecule has 1 saturated heterocycles. The van der Waals surface area contributed by atoms with E-state index < -0.39 is 5.97 Å². The van der Waals surface area contributed by atoms with Crippen LogP contribution in [0.15, 0.2) is 12.1 Å². The molecule has 1 aromatic heterocycles. The van der Waals surface area contributed by atoms with Gasteiger partial charge in [0.25, 0.3) is 0 Å². The second-order valence-electron chi connectivity index (χ2n) is 6.02. The van der Waals surface area contributed by atoms with E-state index in [1.807, 2.05) is 6.92 Å². The van der Waals surface area contributed by atoms with Crippen molar-refractivity contribution in [2.45, 2.75) is 32.7 Å². The lowest BCUT2D eigenvalue weighted by molar-refractivity contribution is 0.0696. The number of pyridine rings is 1. The summed E-state index contributed by atoms with van der Waals surface area (Å²) in [5.74, 6) is -0.111. The Kier molecular flexibility index (Phi) is 3.99. The molecule has 0 atom stereocenters. The lowest BCUT2D eigenvalue weighted by atomic mass is 9.99. The number of piperazine rings is 1. The summed E-state index contributed by atoms with van der Waals surface area (Å²) in [4.78, 5) is 20.3. The number of hydrogen-bond donors (Lipinski definition) is 1. The number of nitrogens with zero attached hydrogens (tertiary/aromatic N) is 3. The maximum atomic E-state index is 11.2. The Balaban J connectivity index is 2.32. The van der Waals surface area contributed by atoms with E-state index in [0.717, 1.165) is 37.6 Å². The number of carboxylic acids is 1. The average molecular weight is 277 g/mol. The first-order valence-electron chi connectivity index (χ1n) is 7.04. The van der Waals surface area contributed by atoms with Crippen molar-refractivity contribution in [1.82, 2.24) is 9.88 Å². The molecule has 0 radical (unpaired) electrons. The minimum absolute atomic E-state index is 0.0610. The molecule has 5 nitrogen and oxygen atoms in total. The molecular weight excluding hydrogens is 254 g/mol. The molecule has 0 unspecified atom stereocenters. The number of hydrogen-bond acceptors (Lipinski definition) is 4. The summed E-state index contributed by atoms with van der Waals surface area (Å²) >= 11 is 0. The van der Waals surface area contributed by atoms with Crippen molar-refractivity contribution >= 4 is 11.8 Å². The number of aryl methyl sites for hydroxylation is 1. The summed E-state index contributed by atoms with van der Waals surface area (Å²) < 4.78 is 0. The van der Waals surface area contributed by atoms with Gasteiger partial charge in [0.2, 0.25) is 0 Å². The molecule has 0 saturated carbocycles. The number of aromatic carboxylic acids is 1. The molecule has 2 rings (SSSR count). The Labute approximate surface area is 120 Å². The van der Waals surface area contributed by atoms with Crippen LogP contribution >= 0.6 is 0 Å². The fourth-order valence-corrected chi connectivity index (χ4v) is 2.47. The minimum Gasteiger partial charge on any atom is -0.478 e. The number of likely N-dealkylation sites (N-methyl/N-ethyl adjacent to an activating group) is 1. The topological polar surface area (TPSA) is 56.7 Å². The molecule has 0 bridgehead atoms. The highest BCUT2D eigenvalue weighted by atomic mass is 16.4. The van der Waals surface area contributed by atoms with Crippen molar-refractivity contribution in [1.29, 1.82) is 0 Å². The zero-order valence-electron chi connectivity index (χ0n) is 12.7. The molecule has 5 heteroatoms. The van der Waals surface area contributed by atoms with E-state index in [9.17, 15) is 9.90 Å². The van der Waals surface area contributed by atoms with Gasteiger partial charge in [-0.1, -0.05) is 6.92 Å². The van der Waals surface area contributed by atoms with Crippen LogP contribution in [-0.2, 0) is 6.42 Å². The van der Waals surface area contributed by atoms with Crippen LogP contribution in [0.2, 0.25) is 0 Å². The molecule has 20 heavy (non-hydrogen) atoms. The Morgan fingerprint density at radius 3 is 2.65 bits per heavy atom. The van der Waals surface area contributed by atoms with Crippen LogP contribution in [0.1, 0.15) is 36.8 Å². The van der Waals surface area contributed by atoms with Gasteiger partial charge in [0, 0.05) is 30.9 Å². The van der Waals surface area contributed by atoms with E-state index in [2.05, 4.69) is 35.7 Å². The monoisotopic (exact) mass is 277 g/mol. The van der Waals surface area contributed by atoms with Crippen LogP contribution in [0.4, 0.5) is 5.82 Å². The smallest absolute Gasteiger partial charge is 0.335 e. The quantitative estimate of drug-likeness (QED) is 0.914. The molecule has 0 aliphatic carbocycles. The number of aromatic nitrogens is 1. The fourth-order valence-electron chi connectivity index (χ4n) is 2.47. The predicted octanol–water partition coefficient (Wildman–Crippen LogP) is 1.87. The largest absolute Gasteiger partial charge is 0.478 e. The van der Waals surface area contributed by atoms with E-state index in [1.54, 1.807) is 12.1 Å². The van der Waals surface area contributed by atoms with Gasteiger partial charge in [-0.25, -0.2) is 9.78 Å². The number of carbonyl (C=O) groups is 1. The summed E-state index contributed by atoms with van der Waals surface area (Å²) in [6, 6.07) is 3.34. The van der Waals surface area contributed by atoms with Crippen LogP contribution in [-0.4, -0.2) is 53.2 Å². The average Bonchev–Trinajstić information content (AvgIpc) is 2.41. The second-order valence-corrected chi connectivity index (χ2v) is 6.02. The standard InChI is InChI=1S/C15H23N3O2/c1-5-12-8-11(14(19)20)9-13(16-12)18-7-6-17(4)15(2,3)10-18/h8-9H,5-7,10H2,1-4H3,(H,19,20). The second kappa shape index (κ2) is 5.40. The van der Waals surface area contributed by atoms with Crippen LogP contribution in [0.25, 0.3) is 0 Å². The van der Waals surface area contributed by atoms with Gasteiger partial charge in [0.15, 0.2) is 0 Å². The molecule has 0 amide bonds. The molecule has 1 aliphatic rings. The Bertz CT molecular complexity index is 514. The van der Waals surface area contributed by atoms with Gasteiger partial charge in [0.05, 0.1) is 5.56 Å². The van der Waals surface area contributed by atoms with Crippen LogP contribution in [0, 0.1) is 0 Å². The first-order valence-corrected chi connectivity index (χ1v) is 7.04. The van der Waals surface area contributed by atoms with E-state index in [0.29, 0.717) is 5.56 Å². The third-order valence-corrected chi connectivity index (χ3v) is 4.11. The van der Waals surface area contributed by atoms with Crippen LogP contribution < -0.4 is 4.90 Å². The molecule has 1 aliphatic heterocycles. The zero-order valence-corrected chi connectivity index (χ0v) is 12.7. The Hall–Kier alpha value is -1.62. The molecule has 2 heterocycles. The van der Waals surface area contributed by atoms with Gasteiger partial charge in [-0.2, -0.15) is 0 Å². The normalized spacial score (nSPS) is 19.1. The first kappa shape index (κ1) is 14.8. The van der Waals surface area contributed by atoms with Gasteiger partial charge >= 0.3 is 5.97 Å². The summed E-state index contributed by atoms with van der Waals surface area (Å²) in [7, 11) is 2.12. The summed E-state index contributed by atoms with van der Waals surface area (Å²) in [6.45, 7) is 9.06. The van der Waals surface area contributed by atoms with Crippen molar-refractivity contribution in [2.24, 2.45) is 0 Å². The van der Waals surface area contributed by atoms with E-state index in [-0.39, 0.29) is 5.54 Å². The molecular formula is C15H23N3O2. The number of rotatable bonds is 3. The third-order valence-electron chi connectivity index (χ3n) is 4.11. The Morgan fingerprint density at radius 1 is 1.40 bits per heavy atom. The van der Waals surface area contributed by atoms with Gasteiger partial charge in [-0.15, -0.1) is 0 Å². The maximum absolute atomic E-state index is 11.2. The fraction of sp³-hybridized carbons (Fsp3) is 0.600. The maximum Gasteiger partial charge on any atom is 0.335 e. The molecule has 1 aromatic rings. The Morgan fingerprint density at radius 2 is 2.10 bits per heavy atom. The summed E-state index contributed by atoms with van der Waals surface area (Å²) in [5.41, 5.74) is 1.21. The first-order chi connectivity index (χ1) is 9.33. The number of anilines is 1. The summed E-state index contributed by atoms with van der Waals surface area (Å²) in [6.07, 6.45) is 0.741. The zero-order chi connectivity index (χ0) is 14.9. The predicted molar refractivity (Wildman–Crippen MR) is 79.5 cm³/mol. The van der Waals surface area contributed by atoms with E-state index >= 15 is 0 Å². The highest BCUT2D eigenvalue weighted by Crippen LogP contribution is 2.24. The van der Waals surface area contributed by atoms with Crippen molar-refractivity contribution in [3.8, 4) is 0 Å². The molecule has 110 valence electrons. The highest BCUT2D eigenvalue weighted by Gasteiger charge is 2.31. The van der Waals surface area contributed by atoms with Gasteiger partial charge in [-0.3, -0.25) is 4.90 Å². The SMILES string of the molecule is CCc1cc(C(=O)O)cc(N2CCN(C)C(C)(C)C2)n1. The minimum atomic E-state index is -0.892. The molecule has 0 aromatic carbocycles. The summed E-state index contributed by atoms with van der Waals surface area (Å²) in [5, 5.41) is 9.22. The van der Waals surface area contributed by atoms with Gasteiger partial charge < -0.3 is 10.0 Å². The van der Waals surface area contributed by atoms with E-state index in [4.69, 9.17) is 0 Å². The number of carboxylic acid groups (broad SMARTS) is 1. The van der Waals surface area contributed by atoms with Crippen molar-refractivity contribution < 1.29 is 9.90 Å². The van der Waals surface area contributed by atoms with Crippen molar-refractivity contribution in [3.63, 3.8) is 0 Å². The lowest BCUT2D eigenvalue weighted by Crippen LogP contribution is -2.57. The van der Waals surface area contributed by atoms with Gasteiger partial charge in [0.1, 0.15) is 5.82 Å². The van der Waals surface area contributed by atoms with Crippen LogP contribution in [0.5, 0.6) is 0 Å². The molecule has 1 N–H and O–H groups in total. The molecule has 0 spiro atoms. The van der Waals surface area contributed by atoms with Crippen molar-refractivity contribution in [2.75, 3.05) is 31.6 Å².